The molecule has 0 heterocycles. The molecule has 2 aromatic carbocycles. The van der Waals surface area contributed by atoms with Crippen LogP contribution in [0.2, 0.25) is 0 Å². The summed E-state index contributed by atoms with van der Waals surface area (Å²) in [7, 11) is 0. The molecule has 0 aliphatic carbocycles. The largest absolute Gasteiger partial charge is 0.479 e. The summed E-state index contributed by atoms with van der Waals surface area (Å²) in [5.74, 6) is -1.89. The lowest BCUT2D eigenvalue weighted by Crippen LogP contribution is -2.36. The zero-order valence-electron chi connectivity index (χ0n) is 9.38. The first-order valence-electron chi connectivity index (χ1n) is 5.32. The molecule has 0 aromatic heterocycles. The fourth-order valence-corrected chi connectivity index (χ4v) is 1.78. The van der Waals surface area contributed by atoms with Crippen molar-refractivity contribution in [1.82, 2.24) is 0 Å². The zero-order chi connectivity index (χ0) is 13.2. The average Bonchev–Trinajstić information content (AvgIpc) is 2.39. The van der Waals surface area contributed by atoms with Gasteiger partial charge in [-0.05, 0) is 23.3 Å². The summed E-state index contributed by atoms with van der Waals surface area (Å²) >= 11 is 0. The van der Waals surface area contributed by atoms with E-state index in [1.807, 2.05) is 0 Å². The Balaban J connectivity index is 2.58. The SMILES string of the molecule is O=C(O)[C@@](O)(c1ccccc1)c1ccc(F)cc1. The fourth-order valence-electron chi connectivity index (χ4n) is 1.78. The van der Waals surface area contributed by atoms with E-state index in [9.17, 15) is 19.4 Å². The van der Waals surface area contributed by atoms with Crippen molar-refractivity contribution in [3.05, 3.63) is 71.5 Å². The average molecular weight is 246 g/mol. The molecule has 0 bridgehead atoms. The summed E-state index contributed by atoms with van der Waals surface area (Å²) in [5.41, 5.74) is -1.83. The van der Waals surface area contributed by atoms with E-state index in [2.05, 4.69) is 0 Å². The van der Waals surface area contributed by atoms with E-state index in [0.717, 1.165) is 12.1 Å². The van der Waals surface area contributed by atoms with E-state index in [1.54, 1.807) is 18.2 Å². The van der Waals surface area contributed by atoms with Crippen molar-refractivity contribution in [2.45, 2.75) is 5.60 Å². The third-order valence-corrected chi connectivity index (χ3v) is 2.76. The molecule has 0 amide bonds. The predicted molar refractivity (Wildman–Crippen MR) is 63.5 cm³/mol. The summed E-state index contributed by atoms with van der Waals surface area (Å²) in [6.07, 6.45) is 0. The summed E-state index contributed by atoms with van der Waals surface area (Å²) in [6, 6.07) is 12.8. The van der Waals surface area contributed by atoms with Crippen LogP contribution in [0.3, 0.4) is 0 Å². The molecule has 2 aromatic rings. The molecule has 0 saturated heterocycles. The molecule has 0 aliphatic heterocycles. The van der Waals surface area contributed by atoms with E-state index < -0.39 is 17.4 Å². The van der Waals surface area contributed by atoms with Crippen LogP contribution in [0, 0.1) is 5.82 Å². The highest BCUT2D eigenvalue weighted by atomic mass is 19.1. The van der Waals surface area contributed by atoms with E-state index in [0.29, 0.717) is 0 Å². The maximum Gasteiger partial charge on any atom is 0.345 e. The van der Waals surface area contributed by atoms with Crippen molar-refractivity contribution in [2.75, 3.05) is 0 Å². The van der Waals surface area contributed by atoms with Gasteiger partial charge in [-0.15, -0.1) is 0 Å². The van der Waals surface area contributed by atoms with Crippen LogP contribution < -0.4 is 0 Å². The molecule has 3 nitrogen and oxygen atoms in total. The van der Waals surface area contributed by atoms with Crippen LogP contribution in [0.25, 0.3) is 0 Å². The maximum atomic E-state index is 12.8. The molecule has 2 N–H and O–H groups in total. The predicted octanol–water partition coefficient (Wildman–Crippen LogP) is 2.15. The molecule has 1 atom stereocenters. The first kappa shape index (κ1) is 12.3. The van der Waals surface area contributed by atoms with Crippen molar-refractivity contribution in [3.63, 3.8) is 0 Å². The Morgan fingerprint density at radius 3 is 1.94 bits per heavy atom. The van der Waals surface area contributed by atoms with Gasteiger partial charge >= 0.3 is 5.97 Å². The fraction of sp³-hybridized carbons (Fsp3) is 0.0714. The molecule has 0 unspecified atom stereocenters. The van der Waals surface area contributed by atoms with Gasteiger partial charge in [-0.25, -0.2) is 9.18 Å². The van der Waals surface area contributed by atoms with Gasteiger partial charge in [-0.3, -0.25) is 0 Å². The van der Waals surface area contributed by atoms with Crippen LogP contribution in [-0.2, 0) is 10.4 Å². The van der Waals surface area contributed by atoms with Crippen LogP contribution in [0.4, 0.5) is 4.39 Å². The van der Waals surface area contributed by atoms with Gasteiger partial charge in [-0.1, -0.05) is 42.5 Å². The number of carboxylic acids is 1. The number of aliphatic hydroxyl groups is 1. The van der Waals surface area contributed by atoms with Gasteiger partial charge in [0.2, 0.25) is 5.60 Å². The molecular formula is C14H11FO3. The van der Waals surface area contributed by atoms with E-state index in [-0.39, 0.29) is 11.1 Å². The molecule has 2 rings (SSSR count). The smallest absolute Gasteiger partial charge is 0.345 e. The number of rotatable bonds is 3. The van der Waals surface area contributed by atoms with Crippen LogP contribution in [0.15, 0.2) is 54.6 Å². The lowest BCUT2D eigenvalue weighted by Gasteiger charge is -2.24. The van der Waals surface area contributed by atoms with Crippen molar-refractivity contribution in [2.24, 2.45) is 0 Å². The van der Waals surface area contributed by atoms with Crippen LogP contribution in [-0.4, -0.2) is 16.2 Å². The highest BCUT2D eigenvalue weighted by Gasteiger charge is 2.39. The number of carboxylic acid groups (broad SMARTS) is 1. The minimum absolute atomic E-state index is 0.114. The second kappa shape index (κ2) is 4.58. The van der Waals surface area contributed by atoms with Crippen molar-refractivity contribution < 1.29 is 19.4 Å². The number of benzene rings is 2. The van der Waals surface area contributed by atoms with Crippen LogP contribution >= 0.6 is 0 Å². The minimum atomic E-state index is -2.17. The molecule has 92 valence electrons. The monoisotopic (exact) mass is 246 g/mol. The Morgan fingerprint density at radius 1 is 0.944 bits per heavy atom. The Hall–Kier alpha value is -2.20. The lowest BCUT2D eigenvalue weighted by atomic mass is 9.86. The van der Waals surface area contributed by atoms with Crippen LogP contribution in [0.1, 0.15) is 11.1 Å². The second-order valence-electron chi connectivity index (χ2n) is 3.89. The van der Waals surface area contributed by atoms with Gasteiger partial charge in [0.25, 0.3) is 0 Å². The van der Waals surface area contributed by atoms with Gasteiger partial charge in [0.1, 0.15) is 5.82 Å². The summed E-state index contributed by atoms with van der Waals surface area (Å²) < 4.78 is 12.8. The van der Waals surface area contributed by atoms with Gasteiger partial charge in [0, 0.05) is 0 Å². The first-order valence-corrected chi connectivity index (χ1v) is 5.32. The molecule has 0 spiro atoms. The molecular weight excluding hydrogens is 235 g/mol. The maximum absolute atomic E-state index is 12.8. The first-order chi connectivity index (χ1) is 8.55. The number of aliphatic carboxylic acids is 1. The Bertz CT molecular complexity index is 551. The standard InChI is InChI=1S/C14H11FO3/c15-12-8-6-11(7-9-12)14(18,13(16)17)10-4-2-1-3-5-10/h1-9,18H,(H,16,17)/t14-/m1/s1. The minimum Gasteiger partial charge on any atom is -0.479 e. The highest BCUT2D eigenvalue weighted by Crippen LogP contribution is 2.29. The number of hydrogen-bond acceptors (Lipinski definition) is 2. The Kier molecular flexibility index (Phi) is 3.12. The molecule has 0 radical (unpaired) electrons. The van der Waals surface area contributed by atoms with Crippen molar-refractivity contribution in [1.29, 1.82) is 0 Å². The van der Waals surface area contributed by atoms with E-state index in [4.69, 9.17) is 0 Å². The Morgan fingerprint density at radius 2 is 1.44 bits per heavy atom. The number of hydrogen-bond donors (Lipinski definition) is 2. The Labute approximate surface area is 103 Å². The number of halogens is 1. The van der Waals surface area contributed by atoms with Crippen molar-refractivity contribution in [3.8, 4) is 0 Å². The van der Waals surface area contributed by atoms with Gasteiger partial charge in [-0.2, -0.15) is 0 Å². The molecule has 18 heavy (non-hydrogen) atoms. The lowest BCUT2D eigenvalue weighted by molar-refractivity contribution is -0.155. The van der Waals surface area contributed by atoms with Crippen molar-refractivity contribution >= 4 is 5.97 Å². The third kappa shape index (κ3) is 1.98. The highest BCUT2D eigenvalue weighted by molar-refractivity contribution is 5.83. The third-order valence-electron chi connectivity index (χ3n) is 2.76. The second-order valence-corrected chi connectivity index (χ2v) is 3.89. The van der Waals surface area contributed by atoms with Gasteiger partial charge in [0.05, 0.1) is 0 Å². The summed E-state index contributed by atoms with van der Waals surface area (Å²) in [4.78, 5) is 11.4. The molecule has 0 saturated carbocycles. The van der Waals surface area contributed by atoms with Crippen LogP contribution in [0.5, 0.6) is 0 Å². The summed E-state index contributed by atoms with van der Waals surface area (Å²) in [6.45, 7) is 0. The molecule has 4 heteroatoms. The summed E-state index contributed by atoms with van der Waals surface area (Å²) in [5, 5.41) is 19.7. The zero-order valence-corrected chi connectivity index (χ0v) is 9.38. The topological polar surface area (TPSA) is 57.5 Å². The number of carbonyl (C=O) groups is 1. The quantitative estimate of drug-likeness (QED) is 0.872. The molecule has 0 aliphatic rings. The molecule has 0 fully saturated rings. The normalized spacial score (nSPS) is 13.9. The van der Waals surface area contributed by atoms with Gasteiger partial charge in [0.15, 0.2) is 0 Å². The van der Waals surface area contributed by atoms with E-state index in [1.165, 1.54) is 24.3 Å². The van der Waals surface area contributed by atoms with E-state index >= 15 is 0 Å². The van der Waals surface area contributed by atoms with Gasteiger partial charge < -0.3 is 10.2 Å².